The number of carbonyl (C=O) groups is 1. The summed E-state index contributed by atoms with van der Waals surface area (Å²) in [5, 5.41) is 16.5. The van der Waals surface area contributed by atoms with Crippen molar-refractivity contribution in [1.82, 2.24) is 29.3 Å². The van der Waals surface area contributed by atoms with Gasteiger partial charge in [0.05, 0.1) is 41.9 Å². The second-order valence-corrected chi connectivity index (χ2v) is 7.48. The van der Waals surface area contributed by atoms with Crippen LogP contribution in [0.15, 0.2) is 48.9 Å². The van der Waals surface area contributed by atoms with Gasteiger partial charge in [-0.05, 0) is 37.6 Å². The molecule has 0 aliphatic rings. The SMILES string of the molecule is COc1cccc(Cn2cc(NC(=O)c3ccn(Cn4nc(C)c(Cl)c4C)n3)cn2)c1. The predicted octanol–water partition coefficient (Wildman–Crippen LogP) is 3.36. The molecule has 3 aromatic heterocycles. The third-order valence-corrected chi connectivity index (χ3v) is 5.36. The van der Waals surface area contributed by atoms with Crippen LogP contribution in [-0.2, 0) is 13.2 Å². The van der Waals surface area contributed by atoms with E-state index in [1.807, 2.05) is 38.1 Å². The molecule has 3 heterocycles. The monoisotopic (exact) mass is 439 g/mol. The summed E-state index contributed by atoms with van der Waals surface area (Å²) in [5.74, 6) is 0.475. The van der Waals surface area contributed by atoms with Crippen LogP contribution in [-0.4, -0.2) is 42.4 Å². The van der Waals surface area contributed by atoms with Gasteiger partial charge in [0, 0.05) is 12.4 Å². The van der Waals surface area contributed by atoms with E-state index in [9.17, 15) is 4.79 Å². The Kier molecular flexibility index (Phi) is 5.77. The minimum atomic E-state index is -0.314. The molecule has 0 saturated carbocycles. The van der Waals surface area contributed by atoms with Crippen LogP contribution in [0.5, 0.6) is 5.75 Å². The van der Waals surface area contributed by atoms with Crippen molar-refractivity contribution in [2.45, 2.75) is 27.1 Å². The number of nitrogens with zero attached hydrogens (tertiary/aromatic N) is 6. The number of rotatable bonds is 7. The van der Waals surface area contributed by atoms with Gasteiger partial charge in [0.2, 0.25) is 0 Å². The quantitative estimate of drug-likeness (QED) is 0.476. The summed E-state index contributed by atoms with van der Waals surface area (Å²) in [6.45, 7) is 4.67. The van der Waals surface area contributed by atoms with Crippen molar-refractivity contribution in [3.8, 4) is 5.75 Å². The number of benzene rings is 1. The molecule has 4 aromatic rings. The number of amides is 1. The highest BCUT2D eigenvalue weighted by Gasteiger charge is 2.13. The Morgan fingerprint density at radius 2 is 2.03 bits per heavy atom. The van der Waals surface area contributed by atoms with Gasteiger partial charge in [-0.2, -0.15) is 15.3 Å². The highest BCUT2D eigenvalue weighted by atomic mass is 35.5. The van der Waals surface area contributed by atoms with Crippen molar-refractivity contribution in [1.29, 1.82) is 0 Å². The minimum absolute atomic E-state index is 0.299. The number of hydrogen-bond acceptors (Lipinski definition) is 5. The second kappa shape index (κ2) is 8.65. The third kappa shape index (κ3) is 4.61. The number of ether oxygens (including phenoxy) is 1. The molecule has 0 atom stereocenters. The maximum atomic E-state index is 12.6. The fourth-order valence-corrected chi connectivity index (χ4v) is 3.31. The molecule has 160 valence electrons. The predicted molar refractivity (Wildman–Crippen MR) is 117 cm³/mol. The van der Waals surface area contributed by atoms with Crippen LogP contribution in [0.2, 0.25) is 5.02 Å². The lowest BCUT2D eigenvalue weighted by Crippen LogP contribution is -2.15. The smallest absolute Gasteiger partial charge is 0.276 e. The van der Waals surface area contributed by atoms with Crippen LogP contribution in [0.3, 0.4) is 0 Å². The molecule has 10 heteroatoms. The maximum absolute atomic E-state index is 12.6. The van der Waals surface area contributed by atoms with Gasteiger partial charge < -0.3 is 10.1 Å². The van der Waals surface area contributed by atoms with E-state index in [0.717, 1.165) is 22.7 Å². The van der Waals surface area contributed by atoms with Crippen LogP contribution in [0, 0.1) is 13.8 Å². The Bertz CT molecular complexity index is 1220. The first kappa shape index (κ1) is 20.7. The zero-order valence-electron chi connectivity index (χ0n) is 17.4. The average Bonchev–Trinajstić information content (AvgIpc) is 3.46. The summed E-state index contributed by atoms with van der Waals surface area (Å²) in [7, 11) is 1.63. The van der Waals surface area contributed by atoms with Gasteiger partial charge in [0.25, 0.3) is 5.91 Å². The highest BCUT2D eigenvalue weighted by molar-refractivity contribution is 6.31. The topological polar surface area (TPSA) is 91.8 Å². The molecule has 1 aromatic carbocycles. The van der Waals surface area contributed by atoms with Gasteiger partial charge in [0.15, 0.2) is 5.69 Å². The Balaban J connectivity index is 1.39. The number of halogens is 1. The molecular formula is C21H22ClN7O2. The normalized spacial score (nSPS) is 11.0. The molecule has 0 fully saturated rings. The summed E-state index contributed by atoms with van der Waals surface area (Å²) < 4.78 is 10.4. The lowest BCUT2D eigenvalue weighted by atomic mass is 10.2. The fraction of sp³-hybridized carbons (Fsp3) is 0.238. The first-order chi connectivity index (χ1) is 14.9. The van der Waals surface area contributed by atoms with E-state index >= 15 is 0 Å². The molecule has 4 rings (SSSR count). The van der Waals surface area contributed by atoms with Gasteiger partial charge in [-0.25, -0.2) is 4.68 Å². The van der Waals surface area contributed by atoms with E-state index in [-0.39, 0.29) is 5.91 Å². The molecule has 0 radical (unpaired) electrons. The van der Waals surface area contributed by atoms with Crippen molar-refractivity contribution in [3.05, 3.63) is 76.6 Å². The molecule has 0 saturated heterocycles. The van der Waals surface area contributed by atoms with Crippen molar-refractivity contribution in [2.75, 3.05) is 12.4 Å². The van der Waals surface area contributed by atoms with E-state index < -0.39 is 0 Å². The summed E-state index contributed by atoms with van der Waals surface area (Å²) in [6.07, 6.45) is 5.10. The molecular weight excluding hydrogens is 418 g/mol. The Morgan fingerprint density at radius 1 is 1.19 bits per heavy atom. The molecule has 1 amide bonds. The first-order valence-electron chi connectivity index (χ1n) is 9.62. The lowest BCUT2D eigenvalue weighted by molar-refractivity contribution is 0.102. The van der Waals surface area contributed by atoms with E-state index in [1.54, 1.807) is 45.8 Å². The van der Waals surface area contributed by atoms with Gasteiger partial charge in [-0.1, -0.05) is 23.7 Å². The third-order valence-electron chi connectivity index (χ3n) is 4.82. The van der Waals surface area contributed by atoms with Gasteiger partial charge in [-0.3, -0.25) is 14.2 Å². The van der Waals surface area contributed by atoms with E-state index in [0.29, 0.717) is 29.6 Å². The number of anilines is 1. The molecule has 1 N–H and O–H groups in total. The van der Waals surface area contributed by atoms with Crippen molar-refractivity contribution in [3.63, 3.8) is 0 Å². The summed E-state index contributed by atoms with van der Waals surface area (Å²) in [6, 6.07) is 9.41. The van der Waals surface area contributed by atoms with Crippen LogP contribution in [0.4, 0.5) is 5.69 Å². The second-order valence-electron chi connectivity index (χ2n) is 7.10. The van der Waals surface area contributed by atoms with Crippen LogP contribution in [0.1, 0.15) is 27.4 Å². The van der Waals surface area contributed by atoms with Crippen LogP contribution >= 0.6 is 11.6 Å². The van der Waals surface area contributed by atoms with Gasteiger partial charge in [0.1, 0.15) is 12.4 Å². The van der Waals surface area contributed by atoms with Crippen molar-refractivity contribution in [2.24, 2.45) is 0 Å². The molecule has 0 unspecified atom stereocenters. The molecule has 0 aliphatic heterocycles. The largest absolute Gasteiger partial charge is 0.497 e. The first-order valence-corrected chi connectivity index (χ1v) is 10.0. The Morgan fingerprint density at radius 3 is 2.77 bits per heavy atom. The zero-order chi connectivity index (χ0) is 22.0. The fourth-order valence-electron chi connectivity index (χ4n) is 3.18. The average molecular weight is 440 g/mol. The molecule has 31 heavy (non-hydrogen) atoms. The Labute approximate surface area is 184 Å². The number of aryl methyl sites for hydroxylation is 1. The Hall–Kier alpha value is -3.59. The maximum Gasteiger partial charge on any atom is 0.276 e. The lowest BCUT2D eigenvalue weighted by Gasteiger charge is -2.05. The highest BCUT2D eigenvalue weighted by Crippen LogP contribution is 2.19. The zero-order valence-corrected chi connectivity index (χ0v) is 18.2. The molecule has 9 nitrogen and oxygen atoms in total. The van der Waals surface area contributed by atoms with E-state index in [2.05, 4.69) is 20.6 Å². The summed E-state index contributed by atoms with van der Waals surface area (Å²) in [5.41, 5.74) is 3.55. The number of nitrogens with one attached hydrogen (secondary N) is 1. The van der Waals surface area contributed by atoms with Crippen molar-refractivity contribution < 1.29 is 9.53 Å². The molecule has 0 spiro atoms. The van der Waals surface area contributed by atoms with E-state index in [4.69, 9.17) is 16.3 Å². The van der Waals surface area contributed by atoms with Gasteiger partial charge in [-0.15, -0.1) is 0 Å². The standard InChI is InChI=1S/C21H22ClN7O2/c1-14-20(22)15(2)29(25-14)13-27-8-7-19(26-27)21(30)24-17-10-23-28(12-17)11-16-5-4-6-18(9-16)31-3/h4-10,12H,11,13H2,1-3H3,(H,24,30). The number of hydrogen-bond donors (Lipinski definition) is 1. The number of carbonyl (C=O) groups excluding carboxylic acids is 1. The number of methoxy groups -OCH3 is 1. The van der Waals surface area contributed by atoms with Crippen molar-refractivity contribution >= 4 is 23.2 Å². The van der Waals surface area contributed by atoms with Crippen LogP contribution < -0.4 is 10.1 Å². The minimum Gasteiger partial charge on any atom is -0.497 e. The molecule has 0 bridgehead atoms. The van der Waals surface area contributed by atoms with Gasteiger partial charge >= 0.3 is 0 Å². The summed E-state index contributed by atoms with van der Waals surface area (Å²) in [4.78, 5) is 12.6. The summed E-state index contributed by atoms with van der Waals surface area (Å²) >= 11 is 6.19. The van der Waals surface area contributed by atoms with E-state index in [1.165, 1.54) is 0 Å². The van der Waals surface area contributed by atoms with Crippen LogP contribution in [0.25, 0.3) is 0 Å². The molecule has 0 aliphatic carbocycles. The number of aromatic nitrogens is 6.